The smallest absolute Gasteiger partial charge is 0.314 e. The van der Waals surface area contributed by atoms with E-state index >= 15 is 0 Å². The van der Waals surface area contributed by atoms with Crippen molar-refractivity contribution in [2.75, 3.05) is 58.4 Å². The highest BCUT2D eigenvalue weighted by atomic mass is 16.5. The third kappa shape index (κ3) is 6.50. The highest BCUT2D eigenvalue weighted by molar-refractivity contribution is 5.73. The molecule has 0 saturated carbocycles. The molecule has 1 fully saturated rings. The Morgan fingerprint density at radius 3 is 2.38 bits per heavy atom. The number of carbonyl (C=O) groups is 1. The summed E-state index contributed by atoms with van der Waals surface area (Å²) in [5, 5.41) is 5.99. The second-order valence-corrected chi connectivity index (χ2v) is 7.47. The first kappa shape index (κ1) is 20.5. The van der Waals surface area contributed by atoms with Gasteiger partial charge in [-0.1, -0.05) is 26.0 Å². The van der Waals surface area contributed by atoms with Gasteiger partial charge in [-0.15, -0.1) is 0 Å². The van der Waals surface area contributed by atoms with Crippen LogP contribution in [0, 0.1) is 5.92 Å². The molecule has 2 amide bonds. The lowest BCUT2D eigenvalue weighted by atomic mass is 10.0. The average molecular weight is 363 g/mol. The minimum absolute atomic E-state index is 0.0891. The lowest BCUT2D eigenvalue weighted by Crippen LogP contribution is -2.46. The van der Waals surface area contributed by atoms with Gasteiger partial charge in [0, 0.05) is 46.0 Å². The standard InChI is InChI=1S/C20H34N4O2/c1-16(2)9-10-21-20(25)22-15-19(24-11-13-26-14-12-24)17-5-7-18(8-6-17)23(3)4/h5-8,16,19H,9-15H2,1-4H3,(H2,21,22,25). The summed E-state index contributed by atoms with van der Waals surface area (Å²) >= 11 is 0. The molecule has 2 N–H and O–H groups in total. The van der Waals surface area contributed by atoms with Crippen LogP contribution >= 0.6 is 0 Å². The van der Waals surface area contributed by atoms with Crippen molar-refractivity contribution in [2.45, 2.75) is 26.3 Å². The minimum atomic E-state index is -0.0891. The SMILES string of the molecule is CC(C)CCNC(=O)NCC(c1ccc(N(C)C)cc1)N1CCOCC1. The van der Waals surface area contributed by atoms with Crippen LogP contribution in [0.5, 0.6) is 0 Å². The van der Waals surface area contributed by atoms with Gasteiger partial charge in [-0.25, -0.2) is 4.79 Å². The highest BCUT2D eigenvalue weighted by Crippen LogP contribution is 2.23. The molecule has 1 heterocycles. The van der Waals surface area contributed by atoms with Gasteiger partial charge in [-0.05, 0) is 30.0 Å². The maximum absolute atomic E-state index is 12.1. The summed E-state index contributed by atoms with van der Waals surface area (Å²) in [6.45, 7) is 8.88. The summed E-state index contributed by atoms with van der Waals surface area (Å²) in [4.78, 5) is 16.6. The normalized spacial score (nSPS) is 16.3. The van der Waals surface area contributed by atoms with E-state index in [9.17, 15) is 4.79 Å². The molecule has 6 heteroatoms. The van der Waals surface area contributed by atoms with Crippen LogP contribution in [0.15, 0.2) is 24.3 Å². The molecule has 0 aromatic heterocycles. The first-order chi connectivity index (χ1) is 12.5. The Hall–Kier alpha value is -1.79. The number of ether oxygens (including phenoxy) is 1. The number of nitrogens with one attached hydrogen (secondary N) is 2. The van der Waals surface area contributed by atoms with E-state index in [1.54, 1.807) is 0 Å². The second-order valence-electron chi connectivity index (χ2n) is 7.47. The molecule has 6 nitrogen and oxygen atoms in total. The average Bonchev–Trinajstić information content (AvgIpc) is 2.63. The van der Waals surface area contributed by atoms with Gasteiger partial charge in [-0.3, -0.25) is 4.90 Å². The van der Waals surface area contributed by atoms with Crippen LogP contribution in [0.25, 0.3) is 0 Å². The van der Waals surface area contributed by atoms with Gasteiger partial charge < -0.3 is 20.3 Å². The fraction of sp³-hybridized carbons (Fsp3) is 0.650. The van der Waals surface area contributed by atoms with Crippen molar-refractivity contribution >= 4 is 11.7 Å². The van der Waals surface area contributed by atoms with Gasteiger partial charge in [0.05, 0.1) is 19.3 Å². The number of rotatable bonds is 8. The Bertz CT molecular complexity index is 539. The third-order valence-electron chi connectivity index (χ3n) is 4.74. The zero-order valence-electron chi connectivity index (χ0n) is 16.6. The predicted molar refractivity (Wildman–Crippen MR) is 107 cm³/mol. The van der Waals surface area contributed by atoms with E-state index in [1.807, 2.05) is 14.1 Å². The van der Waals surface area contributed by atoms with E-state index in [0.29, 0.717) is 19.0 Å². The lowest BCUT2D eigenvalue weighted by molar-refractivity contribution is 0.0167. The summed E-state index contributed by atoms with van der Waals surface area (Å²) in [6.07, 6.45) is 0.992. The zero-order chi connectivity index (χ0) is 18.9. The highest BCUT2D eigenvalue weighted by Gasteiger charge is 2.23. The Morgan fingerprint density at radius 2 is 1.81 bits per heavy atom. The van der Waals surface area contributed by atoms with Crippen LogP contribution in [0.1, 0.15) is 31.9 Å². The number of carbonyl (C=O) groups excluding carboxylic acids is 1. The molecule has 1 unspecified atom stereocenters. The van der Waals surface area contributed by atoms with E-state index in [0.717, 1.165) is 32.7 Å². The molecular weight excluding hydrogens is 328 g/mol. The summed E-state index contributed by atoms with van der Waals surface area (Å²) in [5.41, 5.74) is 2.40. The van der Waals surface area contributed by atoms with Crippen molar-refractivity contribution in [3.8, 4) is 0 Å². The molecule has 1 aliphatic rings. The quantitative estimate of drug-likeness (QED) is 0.746. The topological polar surface area (TPSA) is 56.8 Å². The molecule has 146 valence electrons. The Morgan fingerprint density at radius 1 is 1.15 bits per heavy atom. The molecule has 26 heavy (non-hydrogen) atoms. The number of urea groups is 1. The van der Waals surface area contributed by atoms with Gasteiger partial charge in [0.15, 0.2) is 0 Å². The third-order valence-corrected chi connectivity index (χ3v) is 4.74. The van der Waals surface area contributed by atoms with Crippen LogP contribution in [0.4, 0.5) is 10.5 Å². The maximum Gasteiger partial charge on any atom is 0.314 e. The summed E-state index contributed by atoms with van der Waals surface area (Å²) < 4.78 is 5.49. The van der Waals surface area contributed by atoms with Crippen LogP contribution in [0.3, 0.4) is 0 Å². The van der Waals surface area contributed by atoms with E-state index in [4.69, 9.17) is 4.74 Å². The van der Waals surface area contributed by atoms with Crippen molar-refractivity contribution in [2.24, 2.45) is 5.92 Å². The minimum Gasteiger partial charge on any atom is -0.379 e. The van der Waals surface area contributed by atoms with Gasteiger partial charge in [0.1, 0.15) is 0 Å². The van der Waals surface area contributed by atoms with Crippen molar-refractivity contribution in [1.82, 2.24) is 15.5 Å². The van der Waals surface area contributed by atoms with Crippen molar-refractivity contribution in [3.05, 3.63) is 29.8 Å². The fourth-order valence-corrected chi connectivity index (χ4v) is 3.07. The van der Waals surface area contributed by atoms with Crippen LogP contribution in [-0.4, -0.2) is 64.4 Å². The number of morpholine rings is 1. The van der Waals surface area contributed by atoms with E-state index < -0.39 is 0 Å². The fourth-order valence-electron chi connectivity index (χ4n) is 3.07. The molecule has 1 aromatic rings. The molecular formula is C20H34N4O2. The van der Waals surface area contributed by atoms with E-state index in [1.165, 1.54) is 11.3 Å². The predicted octanol–water partition coefficient (Wildman–Crippen LogP) is 2.47. The Kier molecular flexibility index (Phi) is 8.19. The Balaban J connectivity index is 1.98. The van der Waals surface area contributed by atoms with Gasteiger partial charge in [0.25, 0.3) is 0 Å². The molecule has 1 atom stereocenters. The van der Waals surface area contributed by atoms with Crippen LogP contribution in [0.2, 0.25) is 0 Å². The number of amides is 2. The number of benzene rings is 1. The second kappa shape index (κ2) is 10.4. The van der Waals surface area contributed by atoms with Crippen LogP contribution in [-0.2, 0) is 4.74 Å². The summed E-state index contributed by atoms with van der Waals surface area (Å²) in [6, 6.07) is 8.65. The molecule has 1 aromatic carbocycles. The molecule has 2 rings (SSSR count). The first-order valence-corrected chi connectivity index (χ1v) is 9.58. The lowest BCUT2D eigenvalue weighted by Gasteiger charge is -2.35. The molecule has 0 radical (unpaired) electrons. The Labute approximate surface area is 157 Å². The molecule has 0 aliphatic carbocycles. The number of hydrogen-bond donors (Lipinski definition) is 2. The molecule has 0 bridgehead atoms. The molecule has 1 saturated heterocycles. The maximum atomic E-state index is 12.1. The van der Waals surface area contributed by atoms with Gasteiger partial charge >= 0.3 is 6.03 Å². The summed E-state index contributed by atoms with van der Waals surface area (Å²) in [5.74, 6) is 0.589. The van der Waals surface area contributed by atoms with Gasteiger partial charge in [-0.2, -0.15) is 0 Å². The van der Waals surface area contributed by atoms with Gasteiger partial charge in [0.2, 0.25) is 0 Å². The van der Waals surface area contributed by atoms with E-state index in [-0.39, 0.29) is 12.1 Å². The number of hydrogen-bond acceptors (Lipinski definition) is 4. The first-order valence-electron chi connectivity index (χ1n) is 9.58. The molecule has 0 spiro atoms. The monoisotopic (exact) mass is 362 g/mol. The summed E-state index contributed by atoms with van der Waals surface area (Å²) in [7, 11) is 4.08. The van der Waals surface area contributed by atoms with Crippen molar-refractivity contribution < 1.29 is 9.53 Å². The van der Waals surface area contributed by atoms with E-state index in [2.05, 4.69) is 58.5 Å². The van der Waals surface area contributed by atoms with Crippen molar-refractivity contribution in [1.29, 1.82) is 0 Å². The number of nitrogens with zero attached hydrogens (tertiary/aromatic N) is 2. The number of anilines is 1. The largest absolute Gasteiger partial charge is 0.379 e. The molecule has 1 aliphatic heterocycles. The zero-order valence-corrected chi connectivity index (χ0v) is 16.6. The van der Waals surface area contributed by atoms with Crippen molar-refractivity contribution in [3.63, 3.8) is 0 Å². The van der Waals surface area contributed by atoms with Crippen LogP contribution < -0.4 is 15.5 Å².